The second kappa shape index (κ2) is 7.30. The van der Waals surface area contributed by atoms with Crippen molar-refractivity contribution in [2.24, 2.45) is 0 Å². The number of hydrogen-bond donors (Lipinski definition) is 1. The number of rotatable bonds is 7. The standard InChI is InChI=1S/C12H22N2S2/c1-5-7-13-9(3)12-10(4)14-11(16-12)8-15-6-2/h9,13H,5-8H2,1-4H3. The first-order valence-corrected chi connectivity index (χ1v) is 7.93. The van der Waals surface area contributed by atoms with E-state index in [1.54, 1.807) is 0 Å². The molecule has 1 aromatic rings. The Kier molecular flexibility index (Phi) is 6.39. The molecule has 1 atom stereocenters. The van der Waals surface area contributed by atoms with Crippen LogP contribution in [0.25, 0.3) is 0 Å². The van der Waals surface area contributed by atoms with Crippen molar-refractivity contribution in [3.8, 4) is 0 Å². The van der Waals surface area contributed by atoms with Gasteiger partial charge in [0.15, 0.2) is 0 Å². The largest absolute Gasteiger partial charge is 0.309 e. The van der Waals surface area contributed by atoms with Crippen LogP contribution in [-0.4, -0.2) is 17.3 Å². The lowest BCUT2D eigenvalue weighted by molar-refractivity contribution is 0.575. The second-order valence-electron chi connectivity index (χ2n) is 3.87. The molecule has 0 aliphatic heterocycles. The molecule has 0 saturated heterocycles. The fraction of sp³-hybridized carbons (Fsp3) is 0.750. The molecule has 1 aromatic heterocycles. The molecular formula is C12H22N2S2. The van der Waals surface area contributed by atoms with Gasteiger partial charge in [0, 0.05) is 16.7 Å². The normalized spacial score (nSPS) is 13.0. The van der Waals surface area contributed by atoms with Crippen LogP contribution >= 0.6 is 23.1 Å². The average Bonchev–Trinajstić information content (AvgIpc) is 2.64. The summed E-state index contributed by atoms with van der Waals surface area (Å²) in [7, 11) is 0. The summed E-state index contributed by atoms with van der Waals surface area (Å²) in [5.41, 5.74) is 1.20. The smallest absolute Gasteiger partial charge is 0.103 e. The third kappa shape index (κ3) is 4.07. The molecule has 4 heteroatoms. The molecule has 0 spiro atoms. The third-order valence-electron chi connectivity index (χ3n) is 2.40. The quantitative estimate of drug-likeness (QED) is 0.806. The van der Waals surface area contributed by atoms with Crippen LogP contribution in [0.2, 0.25) is 0 Å². The molecule has 92 valence electrons. The van der Waals surface area contributed by atoms with Gasteiger partial charge in [0.2, 0.25) is 0 Å². The topological polar surface area (TPSA) is 24.9 Å². The van der Waals surface area contributed by atoms with E-state index in [0.717, 1.165) is 18.1 Å². The van der Waals surface area contributed by atoms with Gasteiger partial charge >= 0.3 is 0 Å². The predicted molar refractivity (Wildman–Crippen MR) is 75.4 cm³/mol. The van der Waals surface area contributed by atoms with Crippen LogP contribution in [0.1, 0.15) is 48.8 Å². The Bertz CT molecular complexity index is 310. The molecule has 16 heavy (non-hydrogen) atoms. The van der Waals surface area contributed by atoms with E-state index in [9.17, 15) is 0 Å². The van der Waals surface area contributed by atoms with E-state index in [1.165, 1.54) is 22.0 Å². The van der Waals surface area contributed by atoms with E-state index in [4.69, 9.17) is 0 Å². The van der Waals surface area contributed by atoms with Crippen LogP contribution < -0.4 is 5.32 Å². The Morgan fingerprint density at radius 3 is 2.81 bits per heavy atom. The summed E-state index contributed by atoms with van der Waals surface area (Å²) >= 11 is 3.80. The number of thiazole rings is 1. The number of hydrogen-bond acceptors (Lipinski definition) is 4. The van der Waals surface area contributed by atoms with E-state index in [2.05, 4.69) is 38.0 Å². The van der Waals surface area contributed by atoms with E-state index in [0.29, 0.717) is 6.04 Å². The van der Waals surface area contributed by atoms with Crippen molar-refractivity contribution in [1.29, 1.82) is 0 Å². The molecule has 0 saturated carbocycles. The molecular weight excluding hydrogens is 236 g/mol. The molecule has 1 rings (SSSR count). The highest BCUT2D eigenvalue weighted by Crippen LogP contribution is 2.27. The minimum Gasteiger partial charge on any atom is -0.309 e. The second-order valence-corrected chi connectivity index (χ2v) is 6.26. The highest BCUT2D eigenvalue weighted by atomic mass is 32.2. The average molecular weight is 258 g/mol. The predicted octanol–water partition coefficient (Wildman–Crippen LogP) is 3.77. The minimum atomic E-state index is 0.442. The van der Waals surface area contributed by atoms with E-state index < -0.39 is 0 Å². The summed E-state index contributed by atoms with van der Waals surface area (Å²) in [6.45, 7) is 9.82. The van der Waals surface area contributed by atoms with Crippen molar-refractivity contribution >= 4 is 23.1 Å². The van der Waals surface area contributed by atoms with Crippen molar-refractivity contribution in [1.82, 2.24) is 10.3 Å². The molecule has 0 bridgehead atoms. The molecule has 1 unspecified atom stereocenters. The van der Waals surface area contributed by atoms with Crippen molar-refractivity contribution < 1.29 is 0 Å². The van der Waals surface area contributed by atoms with E-state index in [-0.39, 0.29) is 0 Å². The molecule has 0 radical (unpaired) electrons. The van der Waals surface area contributed by atoms with Crippen molar-refractivity contribution in [2.75, 3.05) is 12.3 Å². The van der Waals surface area contributed by atoms with Gasteiger partial charge in [-0.1, -0.05) is 13.8 Å². The maximum atomic E-state index is 4.63. The van der Waals surface area contributed by atoms with Gasteiger partial charge < -0.3 is 5.32 Å². The Morgan fingerprint density at radius 2 is 2.19 bits per heavy atom. The van der Waals surface area contributed by atoms with Crippen molar-refractivity contribution in [2.45, 2.75) is 45.9 Å². The van der Waals surface area contributed by atoms with Crippen molar-refractivity contribution in [3.05, 3.63) is 15.6 Å². The van der Waals surface area contributed by atoms with Gasteiger partial charge in [-0.2, -0.15) is 11.8 Å². The molecule has 1 heterocycles. The summed E-state index contributed by atoms with van der Waals surface area (Å²) in [5.74, 6) is 2.22. The summed E-state index contributed by atoms with van der Waals surface area (Å²) < 4.78 is 0. The highest BCUT2D eigenvalue weighted by Gasteiger charge is 2.13. The zero-order chi connectivity index (χ0) is 12.0. The molecule has 0 aromatic carbocycles. The molecule has 0 aliphatic carbocycles. The SMILES string of the molecule is CCCNC(C)c1sc(CSCC)nc1C. The first-order chi connectivity index (χ1) is 7.69. The summed E-state index contributed by atoms with van der Waals surface area (Å²) in [4.78, 5) is 6.04. The van der Waals surface area contributed by atoms with Gasteiger partial charge in [-0.15, -0.1) is 11.3 Å². The van der Waals surface area contributed by atoms with Gasteiger partial charge in [-0.25, -0.2) is 4.98 Å². The maximum Gasteiger partial charge on any atom is 0.103 e. The lowest BCUT2D eigenvalue weighted by atomic mass is 10.2. The number of nitrogens with zero attached hydrogens (tertiary/aromatic N) is 1. The van der Waals surface area contributed by atoms with Gasteiger partial charge in [0.05, 0.1) is 5.69 Å². The number of aryl methyl sites for hydroxylation is 1. The first kappa shape index (κ1) is 14.0. The molecule has 0 aliphatic rings. The summed E-state index contributed by atoms with van der Waals surface area (Å²) in [5, 5.41) is 4.79. The molecule has 0 fully saturated rings. The zero-order valence-electron chi connectivity index (χ0n) is 10.7. The van der Waals surface area contributed by atoms with Crippen LogP contribution in [0.5, 0.6) is 0 Å². The fourth-order valence-electron chi connectivity index (χ4n) is 1.57. The fourth-order valence-corrected chi connectivity index (χ4v) is 3.39. The van der Waals surface area contributed by atoms with Crippen LogP contribution in [0.4, 0.5) is 0 Å². The minimum absolute atomic E-state index is 0.442. The lowest BCUT2D eigenvalue weighted by Gasteiger charge is -2.11. The third-order valence-corrected chi connectivity index (χ3v) is 4.81. The monoisotopic (exact) mass is 258 g/mol. The van der Waals surface area contributed by atoms with E-state index >= 15 is 0 Å². The molecule has 0 amide bonds. The number of aromatic nitrogens is 1. The zero-order valence-corrected chi connectivity index (χ0v) is 12.3. The Balaban J connectivity index is 2.61. The first-order valence-electron chi connectivity index (χ1n) is 5.96. The number of thioether (sulfide) groups is 1. The van der Waals surface area contributed by atoms with Crippen LogP contribution in [0, 0.1) is 6.92 Å². The highest BCUT2D eigenvalue weighted by molar-refractivity contribution is 7.98. The van der Waals surface area contributed by atoms with Crippen LogP contribution in [-0.2, 0) is 5.75 Å². The Labute approximate surface area is 107 Å². The van der Waals surface area contributed by atoms with Gasteiger partial charge in [0.25, 0.3) is 0 Å². The van der Waals surface area contributed by atoms with Gasteiger partial charge in [-0.3, -0.25) is 0 Å². The summed E-state index contributed by atoms with van der Waals surface area (Å²) in [6, 6.07) is 0.442. The number of nitrogens with one attached hydrogen (secondary N) is 1. The molecule has 2 nitrogen and oxygen atoms in total. The molecule has 1 N–H and O–H groups in total. The van der Waals surface area contributed by atoms with Gasteiger partial charge in [-0.05, 0) is 32.6 Å². The van der Waals surface area contributed by atoms with Crippen LogP contribution in [0.3, 0.4) is 0 Å². The maximum absolute atomic E-state index is 4.63. The summed E-state index contributed by atoms with van der Waals surface area (Å²) in [6.07, 6.45) is 1.18. The van der Waals surface area contributed by atoms with Crippen molar-refractivity contribution in [3.63, 3.8) is 0 Å². The lowest BCUT2D eigenvalue weighted by Crippen LogP contribution is -2.18. The Morgan fingerprint density at radius 1 is 1.44 bits per heavy atom. The Hall–Kier alpha value is -0.0600. The van der Waals surface area contributed by atoms with Crippen LogP contribution in [0.15, 0.2) is 0 Å². The van der Waals surface area contributed by atoms with E-state index in [1.807, 2.05) is 23.1 Å². The van der Waals surface area contributed by atoms with Gasteiger partial charge in [0.1, 0.15) is 5.01 Å².